The van der Waals surface area contributed by atoms with Crippen LogP contribution < -0.4 is 5.32 Å². The lowest BCUT2D eigenvalue weighted by molar-refractivity contribution is 0.0991. The van der Waals surface area contributed by atoms with Crippen LogP contribution in [0.3, 0.4) is 0 Å². The largest absolute Gasteiger partial charge is 0.309 e. The molecule has 1 aromatic heterocycles. The lowest BCUT2D eigenvalue weighted by Gasteiger charge is -2.16. The zero-order chi connectivity index (χ0) is 10.4. The summed E-state index contributed by atoms with van der Waals surface area (Å²) in [7, 11) is 0. The Kier molecular flexibility index (Phi) is 4.46. The number of nitrogens with zero attached hydrogens (tertiary/aromatic N) is 1. The number of nitrogens with one attached hydrogen (secondary N) is 1. The molecule has 0 aliphatic rings. The van der Waals surface area contributed by atoms with Gasteiger partial charge in [-0.25, -0.2) is 8.78 Å². The van der Waals surface area contributed by atoms with Gasteiger partial charge >= 0.3 is 0 Å². The Labute approximate surface area is 82.4 Å². The van der Waals surface area contributed by atoms with E-state index in [0.29, 0.717) is 13.0 Å². The summed E-state index contributed by atoms with van der Waals surface area (Å²) in [5.41, 5.74) is 0.881. The molecule has 0 bridgehead atoms. The minimum absolute atomic E-state index is 0.341. The Hall–Kier alpha value is -1.03. The van der Waals surface area contributed by atoms with E-state index < -0.39 is 12.5 Å². The molecule has 0 aromatic carbocycles. The molecule has 0 aliphatic heterocycles. The molecule has 1 aromatic rings. The lowest BCUT2D eigenvalue weighted by atomic mass is 10.1. The minimum Gasteiger partial charge on any atom is -0.309 e. The maximum atomic E-state index is 12.5. The van der Waals surface area contributed by atoms with Crippen molar-refractivity contribution in [2.24, 2.45) is 0 Å². The molecule has 1 atom stereocenters. The normalized spacial score (nSPS) is 13.1. The predicted octanol–water partition coefficient (Wildman–Crippen LogP) is 1.87. The first-order chi connectivity index (χ1) is 6.74. The van der Waals surface area contributed by atoms with E-state index in [1.165, 1.54) is 0 Å². The van der Waals surface area contributed by atoms with Gasteiger partial charge < -0.3 is 5.32 Å². The maximum absolute atomic E-state index is 12.5. The number of alkyl halides is 2. The van der Waals surface area contributed by atoms with Crippen molar-refractivity contribution >= 4 is 0 Å². The molecule has 0 spiro atoms. The van der Waals surface area contributed by atoms with Gasteiger partial charge in [0.05, 0.1) is 6.04 Å². The molecular formula is C10H14F2N2. The van der Waals surface area contributed by atoms with Crippen LogP contribution in [0.5, 0.6) is 0 Å². The fourth-order valence-corrected chi connectivity index (χ4v) is 1.29. The van der Waals surface area contributed by atoms with Crippen LogP contribution in [-0.4, -0.2) is 24.0 Å². The molecule has 0 radical (unpaired) electrons. The number of aromatic nitrogens is 1. The lowest BCUT2D eigenvalue weighted by Crippen LogP contribution is -2.37. The monoisotopic (exact) mass is 200 g/mol. The van der Waals surface area contributed by atoms with Gasteiger partial charge in [0.25, 0.3) is 6.43 Å². The molecule has 2 nitrogen and oxygen atoms in total. The zero-order valence-corrected chi connectivity index (χ0v) is 8.08. The molecular weight excluding hydrogens is 186 g/mol. The van der Waals surface area contributed by atoms with Crippen molar-refractivity contribution < 1.29 is 8.78 Å². The number of hydrogen-bond acceptors (Lipinski definition) is 2. The molecule has 1 N–H and O–H groups in total. The van der Waals surface area contributed by atoms with Crippen molar-refractivity contribution in [3.8, 4) is 0 Å². The number of hydrogen-bond donors (Lipinski definition) is 1. The Morgan fingerprint density at radius 1 is 1.36 bits per heavy atom. The Morgan fingerprint density at radius 2 is 2.00 bits per heavy atom. The average molecular weight is 200 g/mol. The zero-order valence-electron chi connectivity index (χ0n) is 8.08. The fraction of sp³-hybridized carbons (Fsp3) is 0.500. The minimum atomic E-state index is -2.33. The van der Waals surface area contributed by atoms with Crippen molar-refractivity contribution in [1.29, 1.82) is 0 Å². The van der Waals surface area contributed by atoms with Crippen molar-refractivity contribution in [1.82, 2.24) is 10.3 Å². The molecule has 14 heavy (non-hydrogen) atoms. The van der Waals surface area contributed by atoms with E-state index in [1.807, 2.05) is 6.92 Å². The molecule has 0 saturated carbocycles. The molecule has 1 unspecified atom stereocenters. The maximum Gasteiger partial charge on any atom is 0.254 e. The summed E-state index contributed by atoms with van der Waals surface area (Å²) in [5.74, 6) is 0. The number of pyridine rings is 1. The summed E-state index contributed by atoms with van der Waals surface area (Å²) in [5, 5.41) is 2.76. The van der Waals surface area contributed by atoms with Gasteiger partial charge in [-0.05, 0) is 30.7 Å². The van der Waals surface area contributed by atoms with Crippen LogP contribution in [0, 0.1) is 0 Å². The molecule has 0 aliphatic carbocycles. The van der Waals surface area contributed by atoms with Crippen LogP contribution in [0.1, 0.15) is 12.5 Å². The summed E-state index contributed by atoms with van der Waals surface area (Å²) in [4.78, 5) is 3.84. The second-order valence-electron chi connectivity index (χ2n) is 3.06. The highest BCUT2D eigenvalue weighted by Crippen LogP contribution is 2.08. The molecule has 1 heterocycles. The van der Waals surface area contributed by atoms with Gasteiger partial charge in [-0.1, -0.05) is 6.92 Å². The van der Waals surface area contributed by atoms with Crippen LogP contribution >= 0.6 is 0 Å². The number of likely N-dealkylation sites (N-methyl/N-ethyl adjacent to an activating group) is 1. The fourth-order valence-electron chi connectivity index (χ4n) is 1.29. The molecule has 1 rings (SSSR count). The summed E-state index contributed by atoms with van der Waals surface area (Å²) < 4.78 is 25.0. The van der Waals surface area contributed by atoms with E-state index in [-0.39, 0.29) is 0 Å². The topological polar surface area (TPSA) is 24.9 Å². The second-order valence-corrected chi connectivity index (χ2v) is 3.06. The van der Waals surface area contributed by atoms with E-state index in [4.69, 9.17) is 0 Å². The van der Waals surface area contributed by atoms with Crippen LogP contribution in [0.25, 0.3) is 0 Å². The molecule has 4 heteroatoms. The van der Waals surface area contributed by atoms with E-state index in [0.717, 1.165) is 5.56 Å². The predicted molar refractivity (Wildman–Crippen MR) is 51.4 cm³/mol. The molecule has 0 amide bonds. The van der Waals surface area contributed by atoms with Gasteiger partial charge in [0.2, 0.25) is 0 Å². The summed E-state index contributed by atoms with van der Waals surface area (Å²) in [6.07, 6.45) is 1.24. The second kappa shape index (κ2) is 5.65. The number of rotatable bonds is 5. The summed E-state index contributed by atoms with van der Waals surface area (Å²) in [6.45, 7) is 2.38. The van der Waals surface area contributed by atoms with Gasteiger partial charge in [-0.2, -0.15) is 0 Å². The van der Waals surface area contributed by atoms with Crippen molar-refractivity contribution in [3.63, 3.8) is 0 Å². The highest BCUT2D eigenvalue weighted by Gasteiger charge is 2.18. The van der Waals surface area contributed by atoms with E-state index in [9.17, 15) is 8.78 Å². The third-order valence-corrected chi connectivity index (χ3v) is 1.98. The first-order valence-corrected chi connectivity index (χ1v) is 4.64. The standard InChI is InChI=1S/C10H14F2N2/c1-2-14-9(10(11)12)7-8-3-5-13-6-4-8/h3-6,9-10,14H,2,7H2,1H3. The number of halogens is 2. The molecule has 0 fully saturated rings. The molecule has 78 valence electrons. The van der Waals surface area contributed by atoms with Crippen molar-refractivity contribution in [3.05, 3.63) is 30.1 Å². The van der Waals surface area contributed by atoms with E-state index in [2.05, 4.69) is 10.3 Å². The quantitative estimate of drug-likeness (QED) is 0.784. The van der Waals surface area contributed by atoms with Crippen LogP contribution in [-0.2, 0) is 6.42 Å². The van der Waals surface area contributed by atoms with Gasteiger partial charge in [-0.3, -0.25) is 4.98 Å². The summed E-state index contributed by atoms with van der Waals surface area (Å²) in [6, 6.07) is 2.75. The van der Waals surface area contributed by atoms with Gasteiger partial charge in [0.15, 0.2) is 0 Å². The van der Waals surface area contributed by atoms with Gasteiger partial charge in [0.1, 0.15) is 0 Å². The first kappa shape index (κ1) is 11.0. The van der Waals surface area contributed by atoms with E-state index >= 15 is 0 Å². The Bertz CT molecular complexity index is 252. The Balaban J connectivity index is 2.55. The average Bonchev–Trinajstić information content (AvgIpc) is 2.18. The van der Waals surface area contributed by atoms with Crippen LogP contribution in [0.2, 0.25) is 0 Å². The SMILES string of the molecule is CCNC(Cc1ccncc1)C(F)F. The van der Waals surface area contributed by atoms with Crippen molar-refractivity contribution in [2.75, 3.05) is 6.54 Å². The highest BCUT2D eigenvalue weighted by atomic mass is 19.3. The van der Waals surface area contributed by atoms with Crippen LogP contribution in [0.4, 0.5) is 8.78 Å². The first-order valence-electron chi connectivity index (χ1n) is 4.64. The third-order valence-electron chi connectivity index (χ3n) is 1.98. The third kappa shape index (κ3) is 3.38. The summed E-state index contributed by atoms with van der Waals surface area (Å²) >= 11 is 0. The van der Waals surface area contributed by atoms with Crippen molar-refractivity contribution in [2.45, 2.75) is 25.8 Å². The van der Waals surface area contributed by atoms with Crippen LogP contribution in [0.15, 0.2) is 24.5 Å². The molecule has 0 saturated heterocycles. The van der Waals surface area contributed by atoms with Gasteiger partial charge in [0, 0.05) is 12.4 Å². The highest BCUT2D eigenvalue weighted by molar-refractivity contribution is 5.11. The Morgan fingerprint density at radius 3 is 2.50 bits per heavy atom. The smallest absolute Gasteiger partial charge is 0.254 e. The van der Waals surface area contributed by atoms with Gasteiger partial charge in [-0.15, -0.1) is 0 Å². The van der Waals surface area contributed by atoms with E-state index in [1.54, 1.807) is 24.5 Å².